The Morgan fingerprint density at radius 3 is 1.44 bits per heavy atom. The fourth-order valence-corrected chi connectivity index (χ4v) is 7.69. The second-order valence-electron chi connectivity index (χ2n) is 13.0. The van der Waals surface area contributed by atoms with Crippen molar-refractivity contribution in [1.29, 1.82) is 0 Å². The van der Waals surface area contributed by atoms with Crippen molar-refractivity contribution in [3.8, 4) is 33.4 Å². The molecule has 0 bridgehead atoms. The molecule has 0 amide bonds. The van der Waals surface area contributed by atoms with Gasteiger partial charge in [-0.3, -0.25) is 0 Å². The molecule has 1 aliphatic rings. The number of hydrogen-bond donors (Lipinski definition) is 0. The molecule has 226 valence electrons. The van der Waals surface area contributed by atoms with Crippen molar-refractivity contribution in [2.24, 2.45) is 0 Å². The van der Waals surface area contributed by atoms with Gasteiger partial charge in [0.15, 0.2) is 0 Å². The summed E-state index contributed by atoms with van der Waals surface area (Å²) < 4.78 is 1.21. The second kappa shape index (κ2) is 15.4. The van der Waals surface area contributed by atoms with Gasteiger partial charge in [0.2, 0.25) is 0 Å². The first-order chi connectivity index (χ1) is 21.1. The maximum absolute atomic E-state index is 3.86. The summed E-state index contributed by atoms with van der Waals surface area (Å²) in [5.41, 5.74) is 12.7. The number of fused-ring (bicyclic) bond motifs is 3. The van der Waals surface area contributed by atoms with Crippen LogP contribution in [0, 0.1) is 6.92 Å². The quantitative estimate of drug-likeness (QED) is 0.107. The maximum Gasteiger partial charge on any atom is 0.0215 e. The molecule has 0 fully saturated rings. The van der Waals surface area contributed by atoms with Gasteiger partial charge in [0.25, 0.3) is 0 Å². The number of hydrogen-bond acceptors (Lipinski definition) is 0. The zero-order valence-electron chi connectivity index (χ0n) is 26.9. The normalized spacial score (nSPS) is 13.2. The lowest BCUT2D eigenvalue weighted by atomic mass is 9.70. The molecule has 4 aromatic carbocycles. The Balaban J connectivity index is 1.47. The minimum absolute atomic E-state index is 0.0990. The van der Waals surface area contributed by atoms with Crippen molar-refractivity contribution in [3.05, 3.63) is 106 Å². The largest absolute Gasteiger partial charge is 0.0654 e. The van der Waals surface area contributed by atoms with Crippen LogP contribution in [0.3, 0.4) is 0 Å². The predicted octanol–water partition coefficient (Wildman–Crippen LogP) is 13.9. The Morgan fingerprint density at radius 2 is 0.884 bits per heavy atom. The van der Waals surface area contributed by atoms with Crippen LogP contribution in [0.2, 0.25) is 0 Å². The summed E-state index contributed by atoms with van der Waals surface area (Å²) in [5, 5.41) is 0. The highest BCUT2D eigenvalue weighted by molar-refractivity contribution is 9.10. The minimum atomic E-state index is 0.0990. The van der Waals surface area contributed by atoms with Gasteiger partial charge in [-0.05, 0) is 82.5 Å². The monoisotopic (exact) mass is 634 g/mol. The Kier molecular flexibility index (Phi) is 11.4. The van der Waals surface area contributed by atoms with Gasteiger partial charge in [-0.2, -0.15) is 0 Å². The van der Waals surface area contributed by atoms with Crippen molar-refractivity contribution in [1.82, 2.24) is 0 Å². The first-order valence-electron chi connectivity index (χ1n) is 17.2. The van der Waals surface area contributed by atoms with E-state index in [2.05, 4.69) is 122 Å². The summed E-state index contributed by atoms with van der Waals surface area (Å²) in [5.74, 6) is 0. The van der Waals surface area contributed by atoms with Crippen LogP contribution in [0.25, 0.3) is 33.4 Å². The molecule has 0 heterocycles. The third-order valence-electron chi connectivity index (χ3n) is 9.84. The highest BCUT2D eigenvalue weighted by atomic mass is 79.9. The van der Waals surface area contributed by atoms with Gasteiger partial charge < -0.3 is 0 Å². The standard InChI is InChI=1S/C42H51Br/c1-4-6-8-10-12-14-28-42(29-15-13-11-9-7-5-2)40-30-36(24-26-38(40)39-27-25-37(43)31-41(39)42)35-22-20-34(21-23-35)33-18-16-32(3)17-19-33/h16-27,30-31H,4-15,28-29H2,1-3H3. The molecule has 1 heteroatoms. The zero-order chi connectivity index (χ0) is 30.1. The van der Waals surface area contributed by atoms with Gasteiger partial charge in [-0.25, -0.2) is 0 Å². The molecule has 0 N–H and O–H groups in total. The summed E-state index contributed by atoms with van der Waals surface area (Å²) in [6.45, 7) is 6.78. The van der Waals surface area contributed by atoms with Crippen LogP contribution in [0.5, 0.6) is 0 Å². The molecule has 0 unspecified atom stereocenters. The Hall–Kier alpha value is -2.64. The third kappa shape index (κ3) is 7.54. The van der Waals surface area contributed by atoms with Crippen LogP contribution in [-0.4, -0.2) is 0 Å². The molecule has 0 nitrogen and oxygen atoms in total. The smallest absolute Gasteiger partial charge is 0.0215 e. The molecule has 1 aliphatic carbocycles. The van der Waals surface area contributed by atoms with Crippen molar-refractivity contribution < 1.29 is 0 Å². The zero-order valence-corrected chi connectivity index (χ0v) is 28.4. The summed E-state index contributed by atoms with van der Waals surface area (Å²) in [4.78, 5) is 0. The van der Waals surface area contributed by atoms with Gasteiger partial charge in [0, 0.05) is 9.89 Å². The van der Waals surface area contributed by atoms with E-state index in [1.807, 2.05) is 0 Å². The topological polar surface area (TPSA) is 0 Å². The lowest BCUT2D eigenvalue weighted by Crippen LogP contribution is -2.25. The SMILES string of the molecule is CCCCCCCCC1(CCCCCCCC)c2cc(Br)ccc2-c2ccc(-c3ccc(-c4ccc(C)cc4)cc3)cc21. The Morgan fingerprint density at radius 1 is 0.465 bits per heavy atom. The van der Waals surface area contributed by atoms with Crippen molar-refractivity contribution in [2.45, 2.75) is 116 Å². The fourth-order valence-electron chi connectivity index (χ4n) is 7.33. The molecule has 0 aliphatic heterocycles. The van der Waals surface area contributed by atoms with Crippen molar-refractivity contribution in [3.63, 3.8) is 0 Å². The summed E-state index contributed by atoms with van der Waals surface area (Å²) in [6.07, 6.45) is 18.7. The first kappa shape index (κ1) is 31.8. The van der Waals surface area contributed by atoms with E-state index in [0.717, 1.165) is 0 Å². The fraction of sp³-hybridized carbons (Fsp3) is 0.429. The molecule has 0 saturated heterocycles. The molecule has 5 rings (SSSR count). The molecule has 0 saturated carbocycles. The number of rotatable bonds is 16. The molecule has 0 aromatic heterocycles. The number of halogens is 1. The first-order valence-corrected chi connectivity index (χ1v) is 18.0. The molecule has 43 heavy (non-hydrogen) atoms. The summed E-state index contributed by atoms with van der Waals surface area (Å²) >= 11 is 3.86. The average Bonchev–Trinajstić information content (AvgIpc) is 3.29. The number of benzene rings is 4. The van der Waals surface area contributed by atoms with Crippen LogP contribution >= 0.6 is 15.9 Å². The molecule has 0 spiro atoms. The molecule has 0 atom stereocenters. The van der Waals surface area contributed by atoms with Crippen LogP contribution in [-0.2, 0) is 5.41 Å². The van der Waals surface area contributed by atoms with Gasteiger partial charge >= 0.3 is 0 Å². The lowest BCUT2D eigenvalue weighted by Gasteiger charge is -2.33. The van der Waals surface area contributed by atoms with E-state index in [-0.39, 0.29) is 5.41 Å². The van der Waals surface area contributed by atoms with E-state index >= 15 is 0 Å². The molecular formula is C42H51Br. The van der Waals surface area contributed by atoms with E-state index < -0.39 is 0 Å². The van der Waals surface area contributed by atoms with E-state index in [4.69, 9.17) is 0 Å². The van der Waals surface area contributed by atoms with Crippen molar-refractivity contribution in [2.75, 3.05) is 0 Å². The van der Waals surface area contributed by atoms with Crippen LogP contribution in [0.4, 0.5) is 0 Å². The van der Waals surface area contributed by atoms with Crippen LogP contribution in [0.15, 0.2) is 89.4 Å². The average molecular weight is 636 g/mol. The summed E-state index contributed by atoms with van der Waals surface area (Å²) in [7, 11) is 0. The van der Waals surface area contributed by atoms with E-state index in [1.54, 1.807) is 11.1 Å². The highest BCUT2D eigenvalue weighted by Crippen LogP contribution is 2.55. The Bertz CT molecular complexity index is 1430. The number of unbranched alkanes of at least 4 members (excludes halogenated alkanes) is 10. The minimum Gasteiger partial charge on any atom is -0.0654 e. The number of aryl methyl sites for hydroxylation is 1. The lowest BCUT2D eigenvalue weighted by molar-refractivity contribution is 0.398. The van der Waals surface area contributed by atoms with Gasteiger partial charge in [-0.1, -0.05) is 179 Å². The van der Waals surface area contributed by atoms with E-state index in [1.165, 1.54) is 133 Å². The summed E-state index contributed by atoms with van der Waals surface area (Å²) in [6, 6.07) is 32.5. The van der Waals surface area contributed by atoms with Crippen LogP contribution < -0.4 is 0 Å². The second-order valence-corrected chi connectivity index (χ2v) is 13.9. The van der Waals surface area contributed by atoms with E-state index in [0.29, 0.717) is 0 Å². The molecule has 0 radical (unpaired) electrons. The Labute approximate surface area is 270 Å². The van der Waals surface area contributed by atoms with Crippen LogP contribution in [0.1, 0.15) is 120 Å². The van der Waals surface area contributed by atoms with Crippen molar-refractivity contribution >= 4 is 15.9 Å². The predicted molar refractivity (Wildman–Crippen MR) is 192 cm³/mol. The maximum atomic E-state index is 3.86. The van der Waals surface area contributed by atoms with Gasteiger partial charge in [0.05, 0.1) is 0 Å². The van der Waals surface area contributed by atoms with Gasteiger partial charge in [0.1, 0.15) is 0 Å². The molecule has 4 aromatic rings. The van der Waals surface area contributed by atoms with E-state index in [9.17, 15) is 0 Å². The highest BCUT2D eigenvalue weighted by Gasteiger charge is 2.42. The molecular weight excluding hydrogens is 584 g/mol. The van der Waals surface area contributed by atoms with Gasteiger partial charge in [-0.15, -0.1) is 0 Å². The third-order valence-corrected chi connectivity index (χ3v) is 10.3.